The van der Waals surface area contributed by atoms with Crippen LogP contribution in [-0.2, 0) is 22.5 Å². The van der Waals surface area contributed by atoms with Crippen LogP contribution in [0.3, 0.4) is 0 Å². The number of aromatic nitrogens is 2. The molecular weight excluding hydrogens is 318 g/mol. The Morgan fingerprint density at radius 2 is 1.96 bits per heavy atom. The van der Waals surface area contributed by atoms with E-state index in [1.807, 2.05) is 24.3 Å². The van der Waals surface area contributed by atoms with Gasteiger partial charge in [0.2, 0.25) is 5.91 Å². The van der Waals surface area contributed by atoms with Gasteiger partial charge in [-0.05, 0) is 17.7 Å². The van der Waals surface area contributed by atoms with Gasteiger partial charge in [-0.2, -0.15) is 0 Å². The van der Waals surface area contributed by atoms with E-state index in [1.54, 1.807) is 7.11 Å². The van der Waals surface area contributed by atoms with Crippen molar-refractivity contribution in [1.82, 2.24) is 15.3 Å². The molecule has 0 aliphatic heterocycles. The Morgan fingerprint density at radius 1 is 1.17 bits per heavy atom. The van der Waals surface area contributed by atoms with Crippen molar-refractivity contribution >= 4 is 17.5 Å². The number of amides is 1. The SMILES string of the molecule is COCCOc1ccc(CC(=O)NCc2cnc(Cl)cn2)cc1. The van der Waals surface area contributed by atoms with Crippen LogP contribution in [-0.4, -0.2) is 36.2 Å². The van der Waals surface area contributed by atoms with Gasteiger partial charge in [0.15, 0.2) is 0 Å². The molecule has 0 saturated heterocycles. The van der Waals surface area contributed by atoms with Crippen LogP contribution in [0.2, 0.25) is 5.15 Å². The second-order valence-electron chi connectivity index (χ2n) is 4.77. The molecule has 0 bridgehead atoms. The quantitative estimate of drug-likeness (QED) is 0.747. The minimum absolute atomic E-state index is 0.0881. The fourth-order valence-corrected chi connectivity index (χ4v) is 1.91. The lowest BCUT2D eigenvalue weighted by molar-refractivity contribution is -0.120. The number of nitrogens with one attached hydrogen (secondary N) is 1. The molecule has 0 spiro atoms. The van der Waals surface area contributed by atoms with Crippen LogP contribution >= 0.6 is 11.6 Å². The molecule has 0 unspecified atom stereocenters. The third kappa shape index (κ3) is 6.22. The minimum Gasteiger partial charge on any atom is -0.491 e. The average molecular weight is 336 g/mol. The Kier molecular flexibility index (Phi) is 6.77. The molecule has 23 heavy (non-hydrogen) atoms. The number of ether oxygens (including phenoxy) is 2. The van der Waals surface area contributed by atoms with E-state index in [2.05, 4.69) is 15.3 Å². The maximum atomic E-state index is 11.9. The molecule has 7 heteroatoms. The highest BCUT2D eigenvalue weighted by Crippen LogP contribution is 2.12. The lowest BCUT2D eigenvalue weighted by atomic mass is 10.1. The van der Waals surface area contributed by atoms with Crippen LogP contribution in [0.25, 0.3) is 0 Å². The summed E-state index contributed by atoms with van der Waals surface area (Å²) in [4.78, 5) is 19.9. The van der Waals surface area contributed by atoms with E-state index in [4.69, 9.17) is 21.1 Å². The van der Waals surface area contributed by atoms with Crippen molar-refractivity contribution in [1.29, 1.82) is 0 Å². The summed E-state index contributed by atoms with van der Waals surface area (Å²) in [5.41, 5.74) is 1.56. The smallest absolute Gasteiger partial charge is 0.224 e. The zero-order chi connectivity index (χ0) is 16.5. The van der Waals surface area contributed by atoms with Gasteiger partial charge in [-0.25, -0.2) is 4.98 Å². The van der Waals surface area contributed by atoms with E-state index >= 15 is 0 Å². The molecule has 0 aliphatic rings. The molecule has 1 N–H and O–H groups in total. The summed E-state index contributed by atoms with van der Waals surface area (Å²) in [6, 6.07) is 7.40. The van der Waals surface area contributed by atoms with Crippen LogP contribution in [0.5, 0.6) is 5.75 Å². The first-order valence-corrected chi connectivity index (χ1v) is 7.49. The van der Waals surface area contributed by atoms with Crippen LogP contribution in [0, 0.1) is 0 Å². The molecule has 1 aromatic heterocycles. The topological polar surface area (TPSA) is 73.3 Å². The molecule has 0 fully saturated rings. The van der Waals surface area contributed by atoms with Crippen LogP contribution in [0.4, 0.5) is 0 Å². The fraction of sp³-hybridized carbons (Fsp3) is 0.312. The summed E-state index contributed by atoms with van der Waals surface area (Å²) in [7, 11) is 1.63. The second kappa shape index (κ2) is 9.07. The highest BCUT2D eigenvalue weighted by molar-refractivity contribution is 6.29. The zero-order valence-electron chi connectivity index (χ0n) is 12.8. The van der Waals surface area contributed by atoms with Gasteiger partial charge in [-0.1, -0.05) is 23.7 Å². The molecule has 2 aromatic rings. The average Bonchev–Trinajstić information content (AvgIpc) is 2.56. The summed E-state index contributed by atoms with van der Waals surface area (Å²) in [5, 5.41) is 3.12. The molecule has 0 atom stereocenters. The van der Waals surface area contributed by atoms with Crippen molar-refractivity contribution in [2.24, 2.45) is 0 Å². The Morgan fingerprint density at radius 3 is 2.61 bits per heavy atom. The number of hydrogen-bond acceptors (Lipinski definition) is 5. The van der Waals surface area contributed by atoms with E-state index in [-0.39, 0.29) is 5.91 Å². The van der Waals surface area contributed by atoms with Crippen LogP contribution < -0.4 is 10.1 Å². The Bertz CT molecular complexity index is 617. The van der Waals surface area contributed by atoms with Gasteiger partial charge < -0.3 is 14.8 Å². The predicted octanol–water partition coefficient (Wildman–Crippen LogP) is 2.01. The Balaban J connectivity index is 1.77. The van der Waals surface area contributed by atoms with E-state index in [9.17, 15) is 4.79 Å². The van der Waals surface area contributed by atoms with Gasteiger partial charge in [-0.15, -0.1) is 0 Å². The third-order valence-electron chi connectivity index (χ3n) is 2.98. The molecule has 0 saturated carbocycles. The van der Waals surface area contributed by atoms with Gasteiger partial charge in [0.05, 0.1) is 37.7 Å². The van der Waals surface area contributed by atoms with E-state index in [1.165, 1.54) is 12.4 Å². The first-order valence-electron chi connectivity index (χ1n) is 7.11. The maximum Gasteiger partial charge on any atom is 0.224 e. The number of hydrogen-bond donors (Lipinski definition) is 1. The minimum atomic E-state index is -0.0881. The number of carbonyl (C=O) groups excluding carboxylic acids is 1. The number of nitrogens with zero attached hydrogens (tertiary/aromatic N) is 2. The zero-order valence-corrected chi connectivity index (χ0v) is 13.5. The molecule has 2 rings (SSSR count). The van der Waals surface area contributed by atoms with Crippen LogP contribution in [0.1, 0.15) is 11.3 Å². The molecule has 6 nitrogen and oxygen atoms in total. The Labute approximate surface area is 139 Å². The first kappa shape index (κ1) is 17.2. The standard InChI is InChI=1S/C16H18ClN3O3/c1-22-6-7-23-14-4-2-12(3-5-14)8-16(21)20-10-13-9-19-15(17)11-18-13/h2-5,9,11H,6-8,10H2,1H3,(H,20,21). The third-order valence-corrected chi connectivity index (χ3v) is 3.18. The summed E-state index contributed by atoms with van der Waals surface area (Å²) in [6.07, 6.45) is 3.28. The van der Waals surface area contributed by atoms with Gasteiger partial charge in [-0.3, -0.25) is 9.78 Å². The molecule has 0 radical (unpaired) electrons. The lowest BCUT2D eigenvalue weighted by Crippen LogP contribution is -2.25. The van der Waals surface area contributed by atoms with Crippen LogP contribution in [0.15, 0.2) is 36.7 Å². The van der Waals surface area contributed by atoms with E-state index in [0.717, 1.165) is 11.3 Å². The number of carbonyl (C=O) groups is 1. The number of rotatable bonds is 8. The molecule has 1 amide bonds. The monoisotopic (exact) mass is 335 g/mol. The molecule has 0 aliphatic carbocycles. The second-order valence-corrected chi connectivity index (χ2v) is 5.16. The molecule has 1 heterocycles. The highest BCUT2D eigenvalue weighted by atomic mass is 35.5. The molecular formula is C16H18ClN3O3. The summed E-state index contributed by atoms with van der Waals surface area (Å²) < 4.78 is 10.4. The van der Waals surface area contributed by atoms with Gasteiger partial charge in [0.25, 0.3) is 0 Å². The van der Waals surface area contributed by atoms with Gasteiger partial charge in [0, 0.05) is 7.11 Å². The van der Waals surface area contributed by atoms with Crippen molar-refractivity contribution in [2.75, 3.05) is 20.3 Å². The number of benzene rings is 1. The lowest BCUT2D eigenvalue weighted by Gasteiger charge is -2.07. The Hall–Kier alpha value is -2.18. The number of methoxy groups -OCH3 is 1. The van der Waals surface area contributed by atoms with E-state index in [0.29, 0.717) is 37.0 Å². The summed E-state index contributed by atoms with van der Waals surface area (Å²) in [5.74, 6) is 0.664. The first-order chi connectivity index (χ1) is 11.2. The van der Waals surface area contributed by atoms with Gasteiger partial charge >= 0.3 is 0 Å². The number of halogens is 1. The fourth-order valence-electron chi connectivity index (χ4n) is 1.81. The normalized spacial score (nSPS) is 10.3. The summed E-state index contributed by atoms with van der Waals surface area (Å²) >= 11 is 5.66. The van der Waals surface area contributed by atoms with Crippen molar-refractivity contribution in [2.45, 2.75) is 13.0 Å². The molecule has 1 aromatic carbocycles. The van der Waals surface area contributed by atoms with Crippen molar-refractivity contribution in [3.63, 3.8) is 0 Å². The molecule has 122 valence electrons. The summed E-state index contributed by atoms with van der Waals surface area (Å²) in [6.45, 7) is 1.36. The van der Waals surface area contributed by atoms with Crippen molar-refractivity contribution in [3.8, 4) is 5.75 Å². The largest absolute Gasteiger partial charge is 0.491 e. The van der Waals surface area contributed by atoms with Crippen molar-refractivity contribution in [3.05, 3.63) is 53.1 Å². The van der Waals surface area contributed by atoms with E-state index < -0.39 is 0 Å². The van der Waals surface area contributed by atoms with Crippen molar-refractivity contribution < 1.29 is 14.3 Å². The maximum absolute atomic E-state index is 11.9. The predicted molar refractivity (Wildman–Crippen MR) is 86.4 cm³/mol. The highest BCUT2D eigenvalue weighted by Gasteiger charge is 2.05. The van der Waals surface area contributed by atoms with Gasteiger partial charge in [0.1, 0.15) is 17.5 Å².